The number of likely N-dealkylation sites (tertiary alicyclic amines) is 2. The molecule has 91 heavy (non-hydrogen) atoms. The highest BCUT2D eigenvalue weighted by atomic mass is 32.1. The zero-order valence-electron chi connectivity index (χ0n) is 53.7. The number of hydrogen-bond acceptors (Lipinski definition) is 17. The molecule has 7 aromatic rings. The van der Waals surface area contributed by atoms with Crippen molar-refractivity contribution in [2.75, 3.05) is 87.5 Å². The number of carbonyl (C=O) groups is 3. The van der Waals surface area contributed by atoms with Crippen LogP contribution in [0.5, 0.6) is 5.75 Å². The highest BCUT2D eigenvalue weighted by Crippen LogP contribution is 2.51. The van der Waals surface area contributed by atoms with Crippen LogP contribution in [-0.4, -0.2) is 170 Å². The maximum absolute atomic E-state index is 17.9. The van der Waals surface area contributed by atoms with Crippen LogP contribution in [0.2, 0.25) is 0 Å². The average molecular weight is 1260 g/mol. The number of carboxylic acid groups (broad SMARTS) is 1. The number of nitrogens with zero attached hydrogens (tertiary/aromatic N) is 11. The van der Waals surface area contributed by atoms with Crippen molar-refractivity contribution in [3.05, 3.63) is 101 Å². The highest BCUT2D eigenvalue weighted by Gasteiger charge is 2.60. The van der Waals surface area contributed by atoms with Gasteiger partial charge in [0, 0.05) is 83.2 Å². The van der Waals surface area contributed by atoms with Gasteiger partial charge < -0.3 is 49.1 Å². The number of fused-ring (bicyclic) bond motifs is 4. The van der Waals surface area contributed by atoms with Gasteiger partial charge in [-0.2, -0.15) is 4.98 Å². The summed E-state index contributed by atoms with van der Waals surface area (Å²) in [6, 6.07) is 18.7. The molecule has 3 aromatic carbocycles. The second-order valence-electron chi connectivity index (χ2n) is 27.8. The summed E-state index contributed by atoms with van der Waals surface area (Å²) >= 11 is 1.59. The van der Waals surface area contributed by atoms with E-state index >= 15 is 4.39 Å². The van der Waals surface area contributed by atoms with Crippen molar-refractivity contribution in [1.82, 2.24) is 45.1 Å². The molecule has 3 amide bonds. The number of methoxy groups -OCH3 is 1. The van der Waals surface area contributed by atoms with Gasteiger partial charge in [-0.3, -0.25) is 24.4 Å². The molecule has 6 aliphatic rings. The van der Waals surface area contributed by atoms with Gasteiger partial charge in [-0.15, -0.1) is 11.3 Å². The summed E-state index contributed by atoms with van der Waals surface area (Å²) < 4.78 is 35.1. The van der Waals surface area contributed by atoms with Gasteiger partial charge in [0.1, 0.15) is 34.7 Å². The van der Waals surface area contributed by atoms with Gasteiger partial charge in [0.2, 0.25) is 17.8 Å². The number of piperazine rings is 1. The minimum atomic E-state index is -0.915. The van der Waals surface area contributed by atoms with E-state index in [-0.39, 0.29) is 66.8 Å². The topological polar surface area (TPSA) is 219 Å². The Morgan fingerprint density at radius 3 is 2.36 bits per heavy atom. The standard InChI is InChI=1S/C69H85FN12O8S/c1-10-44-12-11-13-47-25-51(89-38-88-9)27-52(58(44)47)60-59(70)61-53(29-71-60)63(80-32-48-18-21-69(36-80,68(6,7)8)82(48)67(86)87)75-66(74-61)79-33-49(34-79)77-22-19-42(20-23-77)24-43-30-78(31-43)56-28-55(90-76-56)57(39(2)3)65(85)81-35-50(83)26-54(81)64(84)73-40(4)45-14-16-46(17-15-45)62-41(5)72-37-91-62/h11-17,25,27-29,37,39-40,42-43,48-50,54,57,83H,10,18-24,26,30-36,38H2,1-9H3,(H,73,84)(H,86,87)/t40-,48?,50+,54-,57+,69?/m0/s1. The van der Waals surface area contributed by atoms with Crippen LogP contribution in [0.15, 0.2) is 76.9 Å². The molecule has 13 rings (SSSR count). The van der Waals surface area contributed by atoms with Gasteiger partial charge in [-0.1, -0.05) is 89.2 Å². The van der Waals surface area contributed by atoms with Crippen molar-refractivity contribution in [3.63, 3.8) is 0 Å². The summed E-state index contributed by atoms with van der Waals surface area (Å²) in [6.07, 6.45) is 5.57. The number of benzene rings is 3. The van der Waals surface area contributed by atoms with E-state index in [1.54, 1.807) is 29.5 Å². The van der Waals surface area contributed by atoms with Crippen molar-refractivity contribution in [2.45, 2.75) is 142 Å². The summed E-state index contributed by atoms with van der Waals surface area (Å²) in [5.41, 5.74) is 5.72. The Balaban J connectivity index is 0.652. The summed E-state index contributed by atoms with van der Waals surface area (Å²) in [6.45, 7) is 22.2. The summed E-state index contributed by atoms with van der Waals surface area (Å²) in [5, 5.41) is 31.4. The Labute approximate surface area is 535 Å². The summed E-state index contributed by atoms with van der Waals surface area (Å²) in [5.74, 6) is 1.85. The molecule has 3 N–H and O–H groups in total. The largest absolute Gasteiger partial charge is 0.468 e. The minimum absolute atomic E-state index is 0.0280. The van der Waals surface area contributed by atoms with Gasteiger partial charge in [0.25, 0.3) is 0 Å². The fraction of sp³-hybridized carbons (Fsp3) is 0.536. The maximum Gasteiger partial charge on any atom is 0.408 e. The van der Waals surface area contributed by atoms with E-state index in [9.17, 15) is 24.6 Å². The zero-order chi connectivity index (χ0) is 63.8. The zero-order valence-corrected chi connectivity index (χ0v) is 54.5. The SMILES string of the molecule is CCc1cccc2cc(OCOC)cc(-c3ncc4c(N5CC6CCC(C(C)(C)C)(C5)N6C(=O)O)nc(N5CC(N6CCC(CC7CN(c8cc([C@H](C(=O)N9C[C@H](O)C[C@H]9C(=O)N[C@@H](C)c9ccc(-c%10scnc%10C)cc9)C(C)C)on8)C7)CC6)C5)nc4c3F)c12. The molecule has 2 unspecified atom stereocenters. The molecule has 10 heterocycles. The number of halogens is 1. The van der Waals surface area contributed by atoms with Crippen LogP contribution in [-0.2, 0) is 20.7 Å². The molecule has 482 valence electrons. The highest BCUT2D eigenvalue weighted by molar-refractivity contribution is 7.13. The molecule has 20 nitrogen and oxygen atoms in total. The number of nitrogens with one attached hydrogen (secondary N) is 1. The quantitative estimate of drug-likeness (QED) is 0.0680. The Bertz CT molecular complexity index is 3860. The van der Waals surface area contributed by atoms with Gasteiger partial charge in [0.05, 0.1) is 45.2 Å². The molecular formula is C69H85FN12O8S. The van der Waals surface area contributed by atoms with Gasteiger partial charge in [0.15, 0.2) is 24.2 Å². The van der Waals surface area contributed by atoms with E-state index in [2.05, 4.69) is 68.8 Å². The van der Waals surface area contributed by atoms with E-state index < -0.39 is 40.9 Å². The van der Waals surface area contributed by atoms with Crippen molar-refractivity contribution in [1.29, 1.82) is 0 Å². The Kier molecular flexibility index (Phi) is 17.0. The molecule has 22 heteroatoms. The van der Waals surface area contributed by atoms with E-state index in [4.69, 9.17) is 28.9 Å². The van der Waals surface area contributed by atoms with Crippen molar-refractivity contribution in [2.24, 2.45) is 23.2 Å². The molecule has 0 aliphatic carbocycles. The molecule has 4 aromatic heterocycles. The minimum Gasteiger partial charge on any atom is -0.468 e. The van der Waals surface area contributed by atoms with Crippen LogP contribution in [0.1, 0.15) is 122 Å². The lowest BCUT2D eigenvalue weighted by atomic mass is 9.71. The van der Waals surface area contributed by atoms with Crippen LogP contribution < -0.4 is 24.8 Å². The van der Waals surface area contributed by atoms with Crippen molar-refractivity contribution in [3.8, 4) is 27.4 Å². The van der Waals surface area contributed by atoms with E-state index in [1.807, 2.05) is 87.8 Å². The molecule has 0 radical (unpaired) electrons. The first-order valence-electron chi connectivity index (χ1n) is 32.5. The second kappa shape index (κ2) is 24.8. The van der Waals surface area contributed by atoms with E-state index in [0.717, 1.165) is 96.3 Å². The van der Waals surface area contributed by atoms with E-state index in [0.29, 0.717) is 84.5 Å². The fourth-order valence-corrected chi connectivity index (χ4v) is 16.5. The normalized spacial score (nSPS) is 22.5. The number of thiazole rings is 1. The van der Waals surface area contributed by atoms with Crippen LogP contribution in [0, 0.1) is 35.9 Å². The number of aliphatic hydroxyl groups is 1. The first-order chi connectivity index (χ1) is 43.7. The number of carbonyl (C=O) groups excluding carboxylic acids is 2. The lowest BCUT2D eigenvalue weighted by molar-refractivity contribution is -0.141. The smallest absolute Gasteiger partial charge is 0.408 e. The third kappa shape index (κ3) is 11.6. The number of rotatable bonds is 18. The van der Waals surface area contributed by atoms with Crippen LogP contribution in [0.3, 0.4) is 0 Å². The number of amides is 3. The molecule has 6 fully saturated rings. The Morgan fingerprint density at radius 2 is 1.67 bits per heavy atom. The predicted octanol–water partition coefficient (Wildman–Crippen LogP) is 10.7. The molecular weight excluding hydrogens is 1180 g/mol. The van der Waals surface area contributed by atoms with Crippen molar-refractivity contribution < 1.29 is 43.0 Å². The second-order valence-corrected chi connectivity index (χ2v) is 28.7. The monoisotopic (exact) mass is 1260 g/mol. The molecule has 2 bridgehead atoms. The third-order valence-corrected chi connectivity index (χ3v) is 21.8. The van der Waals surface area contributed by atoms with Gasteiger partial charge >= 0.3 is 6.09 Å². The summed E-state index contributed by atoms with van der Waals surface area (Å²) in [7, 11) is 1.56. The molecule has 0 spiro atoms. The number of β-amino-alcohol motifs (C(OH)–C–C–N with tert-alkyl or cyclic N) is 1. The van der Waals surface area contributed by atoms with Crippen LogP contribution >= 0.6 is 11.3 Å². The first-order valence-corrected chi connectivity index (χ1v) is 33.4. The fourth-order valence-electron chi connectivity index (χ4n) is 15.7. The number of aryl methyl sites for hydroxylation is 2. The number of anilines is 3. The first kappa shape index (κ1) is 62.3. The number of aromatic nitrogens is 5. The Hall–Kier alpha value is -7.53. The van der Waals surface area contributed by atoms with Gasteiger partial charge in [-0.05, 0) is 128 Å². The van der Waals surface area contributed by atoms with Crippen LogP contribution in [0.25, 0.3) is 43.4 Å². The number of aliphatic hydroxyl groups excluding tert-OH is 1. The molecule has 6 atom stereocenters. The number of piperidine rings is 1. The number of ether oxygens (including phenoxy) is 2. The lowest BCUT2D eigenvalue weighted by Gasteiger charge is -2.54. The Morgan fingerprint density at radius 1 is 0.912 bits per heavy atom. The maximum atomic E-state index is 17.9. The molecule has 6 saturated heterocycles. The lowest BCUT2D eigenvalue weighted by Crippen LogP contribution is -2.68. The van der Waals surface area contributed by atoms with E-state index in [1.165, 1.54) is 4.90 Å². The predicted molar refractivity (Wildman–Crippen MR) is 349 cm³/mol. The molecule has 6 aliphatic heterocycles. The van der Waals surface area contributed by atoms with Crippen LogP contribution in [0.4, 0.5) is 26.8 Å². The number of pyridine rings is 1. The van der Waals surface area contributed by atoms with Gasteiger partial charge in [-0.25, -0.2) is 19.2 Å². The number of hydrogen-bond donors (Lipinski definition) is 3. The molecule has 0 saturated carbocycles. The summed E-state index contributed by atoms with van der Waals surface area (Å²) in [4.78, 5) is 74.5. The van der Waals surface area contributed by atoms with Crippen molar-refractivity contribution >= 4 is 68.5 Å². The third-order valence-electron chi connectivity index (χ3n) is 20.8. The average Bonchev–Trinajstić information content (AvgIpc) is 1.66.